The summed E-state index contributed by atoms with van der Waals surface area (Å²) in [7, 11) is 0. The number of halogens is 1. The number of nitrogens with zero attached hydrogens (tertiary/aromatic N) is 2. The average Bonchev–Trinajstić information content (AvgIpc) is 3.06. The van der Waals surface area contributed by atoms with E-state index in [4.69, 9.17) is 4.74 Å². The van der Waals surface area contributed by atoms with Crippen molar-refractivity contribution in [2.24, 2.45) is 0 Å². The minimum Gasteiger partial charge on any atom is -0.491 e. The van der Waals surface area contributed by atoms with Crippen LogP contribution in [0.2, 0.25) is 0 Å². The van der Waals surface area contributed by atoms with Crippen LogP contribution in [0.4, 0.5) is 4.39 Å². The molecule has 2 heterocycles. The van der Waals surface area contributed by atoms with Crippen LogP contribution in [0.25, 0.3) is 0 Å². The Kier molecular flexibility index (Phi) is 4.13. The fraction of sp³-hybridized carbons (Fsp3) is 0.438. The van der Waals surface area contributed by atoms with Gasteiger partial charge in [0.2, 0.25) is 0 Å². The molecule has 5 nitrogen and oxygen atoms in total. The van der Waals surface area contributed by atoms with Crippen LogP contribution in [-0.4, -0.2) is 45.3 Å². The third-order valence-electron chi connectivity index (χ3n) is 4.04. The number of hydrogen-bond donors (Lipinski definition) is 2. The van der Waals surface area contributed by atoms with E-state index in [0.717, 1.165) is 17.9 Å². The van der Waals surface area contributed by atoms with Gasteiger partial charge in [0.25, 0.3) is 0 Å². The van der Waals surface area contributed by atoms with Crippen molar-refractivity contribution in [3.63, 3.8) is 0 Å². The highest BCUT2D eigenvalue weighted by molar-refractivity contribution is 5.22. The van der Waals surface area contributed by atoms with E-state index in [1.54, 1.807) is 18.5 Å². The second-order valence-corrected chi connectivity index (χ2v) is 5.90. The molecule has 6 heteroatoms. The summed E-state index contributed by atoms with van der Waals surface area (Å²) in [6, 6.07) is 5.83. The van der Waals surface area contributed by atoms with E-state index in [2.05, 4.69) is 14.9 Å². The molecule has 0 unspecified atom stereocenters. The molecule has 3 rings (SSSR count). The summed E-state index contributed by atoms with van der Waals surface area (Å²) in [4.78, 5) is 9.51. The standard InChI is InChI=1S/C16H20FN3O2/c1-12-15(19-11-18-12)8-20-7-6-16(21,9-20)10-22-14-4-2-13(17)3-5-14/h2-5,11,21H,6-10H2,1H3,(H,18,19)/t16-/m0/s1. The van der Waals surface area contributed by atoms with Gasteiger partial charge in [0, 0.05) is 25.3 Å². The molecule has 0 aliphatic carbocycles. The van der Waals surface area contributed by atoms with Gasteiger partial charge in [-0.3, -0.25) is 4.90 Å². The molecule has 1 aliphatic heterocycles. The maximum Gasteiger partial charge on any atom is 0.123 e. The average molecular weight is 305 g/mol. The zero-order valence-corrected chi connectivity index (χ0v) is 12.6. The first kappa shape index (κ1) is 15.0. The van der Waals surface area contributed by atoms with Crippen LogP contribution < -0.4 is 4.74 Å². The predicted octanol–water partition coefficient (Wildman–Crippen LogP) is 1.87. The van der Waals surface area contributed by atoms with E-state index in [9.17, 15) is 9.50 Å². The van der Waals surface area contributed by atoms with Gasteiger partial charge in [0.15, 0.2) is 0 Å². The molecule has 118 valence electrons. The molecule has 0 radical (unpaired) electrons. The number of imidazole rings is 1. The highest BCUT2D eigenvalue weighted by atomic mass is 19.1. The third kappa shape index (κ3) is 3.45. The number of ether oxygens (including phenoxy) is 1. The number of aliphatic hydroxyl groups is 1. The van der Waals surface area contributed by atoms with Crippen molar-refractivity contribution in [2.75, 3.05) is 19.7 Å². The highest BCUT2D eigenvalue weighted by Crippen LogP contribution is 2.24. The van der Waals surface area contributed by atoms with Crippen molar-refractivity contribution in [3.05, 3.63) is 47.8 Å². The van der Waals surface area contributed by atoms with Gasteiger partial charge in [-0.15, -0.1) is 0 Å². The van der Waals surface area contributed by atoms with Crippen LogP contribution in [0.15, 0.2) is 30.6 Å². The Morgan fingerprint density at radius 2 is 2.18 bits per heavy atom. The fourth-order valence-corrected chi connectivity index (χ4v) is 2.70. The number of benzene rings is 1. The van der Waals surface area contributed by atoms with Crippen molar-refractivity contribution in [1.29, 1.82) is 0 Å². The first-order valence-corrected chi connectivity index (χ1v) is 7.36. The monoisotopic (exact) mass is 305 g/mol. The van der Waals surface area contributed by atoms with Gasteiger partial charge in [0.05, 0.1) is 12.0 Å². The van der Waals surface area contributed by atoms with Crippen molar-refractivity contribution in [1.82, 2.24) is 14.9 Å². The Hall–Kier alpha value is -1.92. The van der Waals surface area contributed by atoms with E-state index < -0.39 is 5.60 Å². The number of H-pyrrole nitrogens is 1. The molecular formula is C16H20FN3O2. The lowest BCUT2D eigenvalue weighted by Crippen LogP contribution is -2.39. The van der Waals surface area contributed by atoms with E-state index in [1.165, 1.54) is 12.1 Å². The lowest BCUT2D eigenvalue weighted by atomic mass is 10.1. The number of likely N-dealkylation sites (tertiary alicyclic amines) is 1. The summed E-state index contributed by atoms with van der Waals surface area (Å²) in [5.74, 6) is 0.267. The molecule has 1 aromatic heterocycles. The topological polar surface area (TPSA) is 61.4 Å². The number of aryl methyl sites for hydroxylation is 1. The van der Waals surface area contributed by atoms with Crippen molar-refractivity contribution in [2.45, 2.75) is 25.5 Å². The molecule has 0 spiro atoms. The van der Waals surface area contributed by atoms with Crippen LogP contribution in [0.5, 0.6) is 5.75 Å². The zero-order valence-electron chi connectivity index (χ0n) is 12.6. The third-order valence-corrected chi connectivity index (χ3v) is 4.04. The predicted molar refractivity (Wildman–Crippen MR) is 80.1 cm³/mol. The second-order valence-electron chi connectivity index (χ2n) is 5.90. The summed E-state index contributed by atoms with van der Waals surface area (Å²) in [5.41, 5.74) is 1.18. The van der Waals surface area contributed by atoms with Gasteiger partial charge >= 0.3 is 0 Å². The summed E-state index contributed by atoms with van der Waals surface area (Å²) in [5, 5.41) is 10.6. The summed E-state index contributed by atoms with van der Waals surface area (Å²) in [6.07, 6.45) is 2.34. The van der Waals surface area contributed by atoms with Crippen molar-refractivity contribution < 1.29 is 14.2 Å². The lowest BCUT2D eigenvalue weighted by molar-refractivity contribution is 0.00328. The number of β-amino-alcohol motifs (C(OH)–C–C–N with tert-alkyl or cyclic N) is 1. The minimum atomic E-state index is -0.876. The van der Waals surface area contributed by atoms with Gasteiger partial charge in [-0.1, -0.05) is 0 Å². The van der Waals surface area contributed by atoms with Crippen LogP contribution in [0, 0.1) is 12.7 Å². The molecule has 2 N–H and O–H groups in total. The number of aromatic amines is 1. The fourth-order valence-electron chi connectivity index (χ4n) is 2.70. The Bertz CT molecular complexity index is 629. The van der Waals surface area contributed by atoms with Gasteiger partial charge in [-0.05, 0) is 37.6 Å². The SMILES string of the molecule is Cc1[nH]cnc1CN1CC[C@@](O)(COc2ccc(F)cc2)C1. The molecule has 0 amide bonds. The summed E-state index contributed by atoms with van der Waals surface area (Å²) < 4.78 is 18.4. The Morgan fingerprint density at radius 1 is 1.41 bits per heavy atom. The quantitative estimate of drug-likeness (QED) is 0.885. The molecule has 1 aromatic carbocycles. The van der Waals surface area contributed by atoms with Crippen LogP contribution in [0.3, 0.4) is 0 Å². The maximum atomic E-state index is 12.8. The smallest absolute Gasteiger partial charge is 0.123 e. The van der Waals surface area contributed by atoms with Crippen molar-refractivity contribution in [3.8, 4) is 5.75 Å². The van der Waals surface area contributed by atoms with Crippen LogP contribution >= 0.6 is 0 Å². The molecule has 1 saturated heterocycles. The largest absolute Gasteiger partial charge is 0.491 e. The van der Waals surface area contributed by atoms with E-state index >= 15 is 0 Å². The van der Waals surface area contributed by atoms with Crippen LogP contribution in [-0.2, 0) is 6.54 Å². The van der Waals surface area contributed by atoms with Gasteiger partial charge in [-0.25, -0.2) is 9.37 Å². The minimum absolute atomic E-state index is 0.203. The van der Waals surface area contributed by atoms with Crippen molar-refractivity contribution >= 4 is 0 Å². The molecule has 22 heavy (non-hydrogen) atoms. The Labute approximate surface area is 128 Å². The van der Waals surface area contributed by atoms with Crippen LogP contribution in [0.1, 0.15) is 17.8 Å². The van der Waals surface area contributed by atoms with Gasteiger partial charge < -0.3 is 14.8 Å². The zero-order chi connectivity index (χ0) is 15.6. The van der Waals surface area contributed by atoms with Gasteiger partial charge in [0.1, 0.15) is 23.8 Å². The summed E-state index contributed by atoms with van der Waals surface area (Å²) >= 11 is 0. The highest BCUT2D eigenvalue weighted by Gasteiger charge is 2.37. The van der Waals surface area contributed by atoms with E-state index in [-0.39, 0.29) is 12.4 Å². The Morgan fingerprint density at radius 3 is 2.86 bits per heavy atom. The molecule has 0 bridgehead atoms. The molecule has 1 aliphatic rings. The normalized spacial score (nSPS) is 22.1. The first-order chi connectivity index (χ1) is 10.5. The lowest BCUT2D eigenvalue weighted by Gasteiger charge is -2.23. The number of hydrogen-bond acceptors (Lipinski definition) is 4. The molecular weight excluding hydrogens is 285 g/mol. The molecule has 1 atom stereocenters. The Balaban J connectivity index is 1.54. The molecule has 2 aromatic rings. The first-order valence-electron chi connectivity index (χ1n) is 7.36. The summed E-state index contributed by atoms with van der Waals surface area (Å²) in [6.45, 7) is 4.25. The second kappa shape index (κ2) is 6.06. The van der Waals surface area contributed by atoms with Gasteiger partial charge in [-0.2, -0.15) is 0 Å². The number of nitrogens with one attached hydrogen (secondary N) is 1. The number of rotatable bonds is 5. The van der Waals surface area contributed by atoms with E-state index in [0.29, 0.717) is 25.3 Å². The number of aromatic nitrogens is 2. The maximum absolute atomic E-state index is 12.8. The molecule has 0 saturated carbocycles. The van der Waals surface area contributed by atoms with E-state index in [1.807, 2.05) is 6.92 Å². The molecule has 1 fully saturated rings.